The van der Waals surface area contributed by atoms with Gasteiger partial charge in [0.2, 0.25) is 18.2 Å². The van der Waals surface area contributed by atoms with Crippen LogP contribution in [0.25, 0.3) is 0 Å². The highest BCUT2D eigenvalue weighted by atomic mass is 16.5. The summed E-state index contributed by atoms with van der Waals surface area (Å²) in [6.45, 7) is 0.413. The molecule has 30 heavy (non-hydrogen) atoms. The molecule has 1 unspecified atom stereocenters. The highest BCUT2D eigenvalue weighted by molar-refractivity contribution is 5.97. The average Bonchev–Trinajstić information content (AvgIpc) is 3.44. The highest BCUT2D eigenvalue weighted by Gasteiger charge is 2.39. The largest absolute Gasteiger partial charge is 0.497 e. The molecule has 2 aliphatic rings. The fraction of sp³-hybridized carbons (Fsp3) is 0.571. The normalized spacial score (nSPS) is 20.1. The van der Waals surface area contributed by atoms with Gasteiger partial charge in [0, 0.05) is 18.3 Å². The molecule has 1 saturated carbocycles. The molecule has 9 nitrogen and oxygen atoms in total. The number of hydrogen-bond donors (Lipinski definition) is 3. The van der Waals surface area contributed by atoms with Crippen molar-refractivity contribution in [2.24, 2.45) is 11.8 Å². The van der Waals surface area contributed by atoms with Gasteiger partial charge in [0.1, 0.15) is 11.8 Å². The zero-order chi connectivity index (χ0) is 21.5. The van der Waals surface area contributed by atoms with E-state index in [0.717, 1.165) is 25.7 Å². The molecule has 0 spiro atoms. The molecule has 9 heteroatoms. The Hall–Kier alpha value is -2.65. The van der Waals surface area contributed by atoms with Crippen LogP contribution >= 0.6 is 0 Å². The lowest BCUT2D eigenvalue weighted by atomic mass is 9.92. The van der Waals surface area contributed by atoms with Crippen LogP contribution in [0, 0.1) is 11.8 Å². The molecule has 164 valence electrons. The van der Waals surface area contributed by atoms with E-state index in [1.165, 1.54) is 5.01 Å². The maximum atomic E-state index is 13.3. The fourth-order valence-corrected chi connectivity index (χ4v) is 4.33. The van der Waals surface area contributed by atoms with Crippen LogP contribution in [-0.4, -0.2) is 59.7 Å². The maximum absolute atomic E-state index is 13.3. The molecule has 1 saturated heterocycles. The number of hydrazine groups is 1. The van der Waals surface area contributed by atoms with Crippen LogP contribution in [0.1, 0.15) is 38.5 Å². The number of nitrogens with one attached hydrogen (secondary N) is 2. The topological polar surface area (TPSA) is 111 Å². The number of hydrogen-bond acceptors (Lipinski definition) is 6. The number of hydroxylamine groups is 2. The monoisotopic (exact) mass is 418 g/mol. The minimum absolute atomic E-state index is 0.0821. The lowest BCUT2D eigenvalue weighted by molar-refractivity contribution is -0.159. The van der Waals surface area contributed by atoms with Gasteiger partial charge in [-0.1, -0.05) is 31.7 Å². The predicted molar refractivity (Wildman–Crippen MR) is 109 cm³/mol. The van der Waals surface area contributed by atoms with E-state index in [4.69, 9.17) is 4.74 Å². The molecule has 1 aromatic rings. The van der Waals surface area contributed by atoms with Crippen LogP contribution in [0.2, 0.25) is 0 Å². The molecule has 3 rings (SSSR count). The molecule has 3 amide bonds. The van der Waals surface area contributed by atoms with Crippen LogP contribution in [0.5, 0.6) is 5.75 Å². The Morgan fingerprint density at radius 1 is 1.37 bits per heavy atom. The number of carbonyl (C=O) groups excluding carboxylic acids is 3. The lowest BCUT2D eigenvalue weighted by Crippen LogP contribution is -2.51. The van der Waals surface area contributed by atoms with Crippen molar-refractivity contribution in [2.75, 3.05) is 25.5 Å². The maximum Gasteiger partial charge on any atom is 0.248 e. The molecule has 1 aromatic carbocycles. The first-order valence-corrected chi connectivity index (χ1v) is 10.4. The SMILES string of the molecule is COc1cccc(NC(=O)[C@@H]2CCNN2C(=O)C(CC2CCCC2)CN(O)C=O)c1. The van der Waals surface area contributed by atoms with Crippen molar-refractivity contribution in [3.8, 4) is 5.75 Å². The van der Waals surface area contributed by atoms with E-state index in [1.807, 2.05) is 0 Å². The van der Waals surface area contributed by atoms with Gasteiger partial charge in [0.05, 0.1) is 19.6 Å². The smallest absolute Gasteiger partial charge is 0.248 e. The minimum atomic E-state index is -0.668. The molecule has 1 aliphatic carbocycles. The van der Waals surface area contributed by atoms with Crippen LogP contribution in [-0.2, 0) is 14.4 Å². The Bertz CT molecular complexity index is 753. The summed E-state index contributed by atoms with van der Waals surface area (Å²) in [5.41, 5.74) is 3.59. The molecule has 2 atom stereocenters. The van der Waals surface area contributed by atoms with Crippen molar-refractivity contribution in [3.05, 3.63) is 24.3 Å². The van der Waals surface area contributed by atoms with E-state index in [9.17, 15) is 19.6 Å². The summed E-state index contributed by atoms with van der Waals surface area (Å²) in [7, 11) is 1.55. The van der Waals surface area contributed by atoms with Crippen LogP contribution in [0.15, 0.2) is 24.3 Å². The summed E-state index contributed by atoms with van der Waals surface area (Å²) in [6.07, 6.45) is 5.73. The molecule has 1 heterocycles. The third-order valence-corrected chi connectivity index (χ3v) is 5.86. The molecular formula is C21H30N4O5. The molecule has 0 bridgehead atoms. The van der Waals surface area contributed by atoms with Crippen molar-refractivity contribution in [1.29, 1.82) is 0 Å². The zero-order valence-electron chi connectivity index (χ0n) is 17.3. The number of ether oxygens (including phenoxy) is 1. The van der Waals surface area contributed by atoms with Crippen LogP contribution in [0.3, 0.4) is 0 Å². The number of nitrogens with zero attached hydrogens (tertiary/aromatic N) is 2. The first-order valence-electron chi connectivity index (χ1n) is 10.4. The van der Waals surface area contributed by atoms with E-state index in [1.54, 1.807) is 31.4 Å². The van der Waals surface area contributed by atoms with Gasteiger partial charge in [-0.3, -0.25) is 24.6 Å². The first kappa shape index (κ1) is 22.0. The van der Waals surface area contributed by atoms with Crippen molar-refractivity contribution >= 4 is 23.9 Å². The van der Waals surface area contributed by atoms with Gasteiger partial charge in [-0.2, -0.15) is 0 Å². The van der Waals surface area contributed by atoms with Crippen LogP contribution < -0.4 is 15.5 Å². The van der Waals surface area contributed by atoms with Gasteiger partial charge in [-0.25, -0.2) is 10.5 Å². The second kappa shape index (κ2) is 10.4. The zero-order valence-corrected chi connectivity index (χ0v) is 17.3. The van der Waals surface area contributed by atoms with Crippen molar-refractivity contribution < 1.29 is 24.3 Å². The first-order chi connectivity index (χ1) is 14.5. The van der Waals surface area contributed by atoms with E-state index in [0.29, 0.717) is 48.2 Å². The Kier molecular flexibility index (Phi) is 7.64. The number of benzene rings is 1. The number of methoxy groups -OCH3 is 1. The summed E-state index contributed by atoms with van der Waals surface area (Å²) < 4.78 is 5.18. The number of amides is 3. The fourth-order valence-electron chi connectivity index (χ4n) is 4.33. The molecule has 0 aromatic heterocycles. The quantitative estimate of drug-likeness (QED) is 0.320. The third kappa shape index (κ3) is 5.48. The van der Waals surface area contributed by atoms with Gasteiger partial charge in [-0.15, -0.1) is 0 Å². The van der Waals surface area contributed by atoms with Crippen molar-refractivity contribution in [3.63, 3.8) is 0 Å². The van der Waals surface area contributed by atoms with E-state index < -0.39 is 12.0 Å². The summed E-state index contributed by atoms with van der Waals surface area (Å²) >= 11 is 0. The second-order valence-corrected chi connectivity index (χ2v) is 7.95. The van der Waals surface area contributed by atoms with Crippen LogP contribution in [0.4, 0.5) is 5.69 Å². The molecular weight excluding hydrogens is 388 g/mol. The van der Waals surface area contributed by atoms with Crippen molar-refractivity contribution in [2.45, 2.75) is 44.6 Å². The molecule has 3 N–H and O–H groups in total. The van der Waals surface area contributed by atoms with Gasteiger partial charge in [0.15, 0.2) is 0 Å². The molecule has 0 radical (unpaired) electrons. The van der Waals surface area contributed by atoms with Gasteiger partial charge in [0.25, 0.3) is 0 Å². The van der Waals surface area contributed by atoms with E-state index in [-0.39, 0.29) is 18.4 Å². The predicted octanol–water partition coefficient (Wildman–Crippen LogP) is 1.78. The number of rotatable bonds is 9. The van der Waals surface area contributed by atoms with E-state index in [2.05, 4.69) is 10.7 Å². The minimum Gasteiger partial charge on any atom is -0.497 e. The summed E-state index contributed by atoms with van der Waals surface area (Å²) in [5, 5.41) is 14.4. The summed E-state index contributed by atoms with van der Waals surface area (Å²) in [5.74, 6) is -0.117. The molecule has 2 fully saturated rings. The Balaban J connectivity index is 1.69. The number of carbonyl (C=O) groups is 3. The standard InChI is InChI=1S/C21H30N4O5/c1-30-18-8-4-7-17(12-18)23-20(27)19-9-10-22-25(19)21(28)16(13-24(29)14-26)11-15-5-2-3-6-15/h4,7-8,12,14-16,19,22,29H,2-3,5-6,9-11,13H2,1H3,(H,23,27)/t16?,19-/m0/s1. The van der Waals surface area contributed by atoms with Crippen molar-refractivity contribution in [1.82, 2.24) is 15.5 Å². The number of anilines is 1. The Labute approximate surface area is 176 Å². The third-order valence-electron chi connectivity index (χ3n) is 5.86. The summed E-state index contributed by atoms with van der Waals surface area (Å²) in [6, 6.07) is 6.36. The van der Waals surface area contributed by atoms with Gasteiger partial charge < -0.3 is 10.1 Å². The van der Waals surface area contributed by atoms with E-state index >= 15 is 0 Å². The van der Waals surface area contributed by atoms with Gasteiger partial charge in [-0.05, 0) is 30.9 Å². The summed E-state index contributed by atoms with van der Waals surface area (Å²) in [4.78, 5) is 37.0. The Morgan fingerprint density at radius 3 is 2.83 bits per heavy atom. The highest BCUT2D eigenvalue weighted by Crippen LogP contribution is 2.31. The van der Waals surface area contributed by atoms with Gasteiger partial charge >= 0.3 is 0 Å². The molecule has 1 aliphatic heterocycles. The Morgan fingerprint density at radius 2 is 2.13 bits per heavy atom. The lowest BCUT2D eigenvalue weighted by Gasteiger charge is -2.30. The second-order valence-electron chi connectivity index (χ2n) is 7.95. The average molecular weight is 418 g/mol.